The molecule has 1 aliphatic heterocycles. The predicted octanol–water partition coefficient (Wildman–Crippen LogP) is 2.39. The van der Waals surface area contributed by atoms with Gasteiger partial charge in [-0.15, -0.1) is 0 Å². The van der Waals surface area contributed by atoms with E-state index in [1.807, 2.05) is 0 Å². The minimum atomic E-state index is -0.258. The second kappa shape index (κ2) is 7.17. The molecular formula is C19H22N2O4. The highest BCUT2D eigenvalue weighted by atomic mass is 16.2. The summed E-state index contributed by atoms with van der Waals surface area (Å²) in [4.78, 5) is 49.3. The lowest BCUT2D eigenvalue weighted by Crippen LogP contribution is -2.34. The van der Waals surface area contributed by atoms with Gasteiger partial charge in [0.2, 0.25) is 17.7 Å². The summed E-state index contributed by atoms with van der Waals surface area (Å²) < 4.78 is 0. The molecule has 2 fully saturated rings. The number of nitrogens with zero attached hydrogens (tertiary/aromatic N) is 1. The van der Waals surface area contributed by atoms with Crippen LogP contribution in [0.2, 0.25) is 0 Å². The molecule has 1 saturated carbocycles. The number of hydrogen-bond donors (Lipinski definition) is 1. The predicted molar refractivity (Wildman–Crippen MR) is 91.9 cm³/mol. The van der Waals surface area contributed by atoms with Crippen molar-refractivity contribution in [3.63, 3.8) is 0 Å². The number of fused-ring (bicyclic) bond motifs is 1. The van der Waals surface area contributed by atoms with Gasteiger partial charge in [0.15, 0.2) is 5.78 Å². The third-order valence-corrected chi connectivity index (χ3v) is 5.07. The van der Waals surface area contributed by atoms with Gasteiger partial charge >= 0.3 is 0 Å². The van der Waals surface area contributed by atoms with Crippen molar-refractivity contribution in [2.45, 2.75) is 39.0 Å². The molecule has 1 N–H and O–H groups in total. The number of ketones is 1. The quantitative estimate of drug-likeness (QED) is 0.658. The molecule has 0 radical (unpaired) electrons. The Morgan fingerprint density at radius 3 is 2.12 bits per heavy atom. The van der Waals surface area contributed by atoms with Crippen LogP contribution in [-0.2, 0) is 14.4 Å². The summed E-state index contributed by atoms with van der Waals surface area (Å²) in [5, 5.41) is 2.72. The standard InChI is InChI=1S/C19H22N2O4/c1-12(22)13-6-8-14(9-7-13)20-17(23)10-11-21-18(24)15-4-2-3-5-16(15)19(21)25/h6-9,15-16H,2-5,10-11H2,1H3,(H,20,23). The first-order valence-corrected chi connectivity index (χ1v) is 8.73. The van der Waals surface area contributed by atoms with E-state index in [9.17, 15) is 19.2 Å². The first-order valence-electron chi connectivity index (χ1n) is 8.73. The molecule has 3 rings (SSSR count). The highest BCUT2D eigenvalue weighted by Gasteiger charge is 2.47. The van der Waals surface area contributed by atoms with Crippen LogP contribution in [0, 0.1) is 11.8 Å². The largest absolute Gasteiger partial charge is 0.326 e. The number of nitrogens with one attached hydrogen (secondary N) is 1. The Labute approximate surface area is 146 Å². The molecule has 1 aromatic carbocycles. The number of anilines is 1. The summed E-state index contributed by atoms with van der Waals surface area (Å²) in [5.74, 6) is -0.884. The van der Waals surface area contributed by atoms with Crippen molar-refractivity contribution in [1.29, 1.82) is 0 Å². The number of rotatable bonds is 5. The molecule has 0 spiro atoms. The number of benzene rings is 1. The molecule has 132 valence electrons. The van der Waals surface area contributed by atoms with Crippen LogP contribution < -0.4 is 5.32 Å². The maximum atomic E-state index is 12.4. The Bertz CT molecular complexity index is 687. The van der Waals surface area contributed by atoms with Crippen LogP contribution in [-0.4, -0.2) is 34.9 Å². The van der Waals surface area contributed by atoms with Crippen LogP contribution in [0.4, 0.5) is 5.69 Å². The summed E-state index contributed by atoms with van der Waals surface area (Å²) >= 11 is 0. The Morgan fingerprint density at radius 1 is 1.04 bits per heavy atom. The summed E-state index contributed by atoms with van der Waals surface area (Å²) in [6.45, 7) is 1.61. The lowest BCUT2D eigenvalue weighted by molar-refractivity contribution is -0.140. The van der Waals surface area contributed by atoms with Crippen LogP contribution >= 0.6 is 0 Å². The van der Waals surface area contributed by atoms with E-state index < -0.39 is 0 Å². The fourth-order valence-electron chi connectivity index (χ4n) is 3.68. The summed E-state index contributed by atoms with van der Waals surface area (Å²) in [6, 6.07) is 6.62. The van der Waals surface area contributed by atoms with Crippen molar-refractivity contribution >= 4 is 29.2 Å². The molecule has 2 aliphatic rings. The monoisotopic (exact) mass is 342 g/mol. The molecule has 3 amide bonds. The normalized spacial score (nSPS) is 22.7. The number of carbonyl (C=O) groups excluding carboxylic acids is 4. The van der Waals surface area contributed by atoms with Gasteiger partial charge < -0.3 is 5.32 Å². The van der Waals surface area contributed by atoms with Gasteiger partial charge in [0.05, 0.1) is 11.8 Å². The van der Waals surface area contributed by atoms with Crippen molar-refractivity contribution < 1.29 is 19.2 Å². The number of hydrogen-bond acceptors (Lipinski definition) is 4. The minimum Gasteiger partial charge on any atom is -0.326 e. The second-order valence-electron chi connectivity index (χ2n) is 6.76. The van der Waals surface area contributed by atoms with E-state index in [1.54, 1.807) is 24.3 Å². The highest BCUT2D eigenvalue weighted by Crippen LogP contribution is 2.37. The zero-order valence-corrected chi connectivity index (χ0v) is 14.3. The van der Waals surface area contributed by atoms with Gasteiger partial charge in [-0.3, -0.25) is 24.1 Å². The van der Waals surface area contributed by atoms with Gasteiger partial charge in [-0.1, -0.05) is 12.8 Å². The SMILES string of the molecule is CC(=O)c1ccc(NC(=O)CCN2C(=O)C3CCCCC3C2=O)cc1. The highest BCUT2D eigenvalue weighted by molar-refractivity contribution is 6.05. The Morgan fingerprint density at radius 2 is 1.60 bits per heavy atom. The molecule has 6 heteroatoms. The average Bonchev–Trinajstić information content (AvgIpc) is 2.85. The fraction of sp³-hybridized carbons (Fsp3) is 0.474. The number of carbonyl (C=O) groups is 4. The van der Waals surface area contributed by atoms with E-state index in [0.29, 0.717) is 11.3 Å². The molecule has 2 atom stereocenters. The molecule has 0 aromatic heterocycles. The third-order valence-electron chi connectivity index (χ3n) is 5.07. The topological polar surface area (TPSA) is 83.6 Å². The van der Waals surface area contributed by atoms with E-state index in [-0.39, 0.29) is 48.3 Å². The molecule has 25 heavy (non-hydrogen) atoms. The fourth-order valence-corrected chi connectivity index (χ4v) is 3.68. The Balaban J connectivity index is 1.54. The molecule has 1 aromatic rings. The summed E-state index contributed by atoms with van der Waals surface area (Å²) in [5.41, 5.74) is 1.16. The van der Waals surface area contributed by atoms with Gasteiger partial charge in [-0.2, -0.15) is 0 Å². The van der Waals surface area contributed by atoms with E-state index in [1.165, 1.54) is 11.8 Å². The van der Waals surface area contributed by atoms with Crippen molar-refractivity contribution in [1.82, 2.24) is 4.90 Å². The van der Waals surface area contributed by atoms with Gasteiger partial charge in [-0.25, -0.2) is 0 Å². The van der Waals surface area contributed by atoms with Crippen LogP contribution in [0.5, 0.6) is 0 Å². The lowest BCUT2D eigenvalue weighted by Gasteiger charge is -2.19. The zero-order chi connectivity index (χ0) is 18.0. The van der Waals surface area contributed by atoms with Crippen molar-refractivity contribution in [3.05, 3.63) is 29.8 Å². The number of amides is 3. The number of likely N-dealkylation sites (tertiary alicyclic amines) is 1. The van der Waals surface area contributed by atoms with E-state index >= 15 is 0 Å². The number of Topliss-reactive ketones (excluding diaryl/α,β-unsaturated/α-hetero) is 1. The minimum absolute atomic E-state index is 0.0367. The lowest BCUT2D eigenvalue weighted by atomic mass is 9.81. The maximum absolute atomic E-state index is 12.4. The van der Waals surface area contributed by atoms with Gasteiger partial charge in [0.1, 0.15) is 0 Å². The Hall–Kier alpha value is -2.50. The van der Waals surface area contributed by atoms with Gasteiger partial charge in [0, 0.05) is 24.2 Å². The van der Waals surface area contributed by atoms with Crippen LogP contribution in [0.3, 0.4) is 0 Å². The molecule has 2 unspecified atom stereocenters. The Kier molecular flexibility index (Phi) is 4.97. The van der Waals surface area contributed by atoms with Crippen molar-refractivity contribution in [2.24, 2.45) is 11.8 Å². The second-order valence-corrected chi connectivity index (χ2v) is 6.76. The smallest absolute Gasteiger partial charge is 0.233 e. The zero-order valence-electron chi connectivity index (χ0n) is 14.3. The molecule has 1 aliphatic carbocycles. The van der Waals surface area contributed by atoms with E-state index in [4.69, 9.17) is 0 Å². The first kappa shape index (κ1) is 17.3. The third kappa shape index (κ3) is 3.62. The van der Waals surface area contributed by atoms with E-state index in [2.05, 4.69) is 5.32 Å². The molecule has 1 heterocycles. The van der Waals surface area contributed by atoms with Crippen molar-refractivity contribution in [2.75, 3.05) is 11.9 Å². The van der Waals surface area contributed by atoms with Crippen LogP contribution in [0.15, 0.2) is 24.3 Å². The van der Waals surface area contributed by atoms with Crippen LogP contribution in [0.25, 0.3) is 0 Å². The number of imide groups is 1. The molecule has 6 nitrogen and oxygen atoms in total. The first-order chi connectivity index (χ1) is 12.0. The average molecular weight is 342 g/mol. The van der Waals surface area contributed by atoms with Gasteiger partial charge in [-0.05, 0) is 44.0 Å². The maximum Gasteiger partial charge on any atom is 0.233 e. The molecule has 0 bridgehead atoms. The van der Waals surface area contributed by atoms with E-state index in [0.717, 1.165) is 25.7 Å². The van der Waals surface area contributed by atoms with Crippen molar-refractivity contribution in [3.8, 4) is 0 Å². The van der Waals surface area contributed by atoms with Crippen LogP contribution in [0.1, 0.15) is 49.4 Å². The molecule has 1 saturated heterocycles. The molecular weight excluding hydrogens is 320 g/mol. The summed E-state index contributed by atoms with van der Waals surface area (Å²) in [7, 11) is 0. The van der Waals surface area contributed by atoms with Gasteiger partial charge in [0.25, 0.3) is 0 Å². The summed E-state index contributed by atoms with van der Waals surface area (Å²) in [6.07, 6.45) is 3.61.